The summed E-state index contributed by atoms with van der Waals surface area (Å²) in [5.74, 6) is 0.0207. The van der Waals surface area contributed by atoms with Crippen molar-refractivity contribution in [3.05, 3.63) is 102 Å². The first-order valence-corrected chi connectivity index (χ1v) is 10.6. The molecule has 35 heavy (non-hydrogen) atoms. The molecule has 9 heteroatoms. The molecule has 0 N–H and O–H groups in total. The van der Waals surface area contributed by atoms with Gasteiger partial charge in [0.15, 0.2) is 0 Å². The second-order valence-corrected chi connectivity index (χ2v) is 7.91. The van der Waals surface area contributed by atoms with Crippen LogP contribution < -0.4 is 9.47 Å². The molecule has 0 bridgehead atoms. The van der Waals surface area contributed by atoms with E-state index in [9.17, 15) is 18.0 Å². The lowest BCUT2D eigenvalue weighted by Crippen LogP contribution is -2.17. The topological polar surface area (TPSA) is 65.7 Å². The number of allylic oxidation sites excluding steroid dienone is 5. The number of carbonyl (C=O) groups is 1. The Morgan fingerprint density at radius 2 is 1.83 bits per heavy atom. The molecule has 1 amide bonds. The molecule has 1 unspecified atom stereocenters. The third-order valence-corrected chi connectivity index (χ3v) is 5.56. The number of fused-ring (bicyclic) bond motifs is 3. The van der Waals surface area contributed by atoms with Crippen molar-refractivity contribution in [3.63, 3.8) is 0 Å². The van der Waals surface area contributed by atoms with Crippen LogP contribution in [0.5, 0.6) is 11.5 Å². The van der Waals surface area contributed by atoms with Crippen molar-refractivity contribution in [2.24, 2.45) is 4.99 Å². The van der Waals surface area contributed by atoms with Crippen molar-refractivity contribution < 1.29 is 27.4 Å². The van der Waals surface area contributed by atoms with Crippen LogP contribution in [0.3, 0.4) is 0 Å². The van der Waals surface area contributed by atoms with Crippen LogP contribution in [0.4, 0.5) is 18.0 Å². The Hall–Kier alpha value is -4.40. The molecule has 1 heterocycles. The van der Waals surface area contributed by atoms with E-state index in [4.69, 9.17) is 4.74 Å². The van der Waals surface area contributed by atoms with Gasteiger partial charge in [0.2, 0.25) is 0 Å². The van der Waals surface area contributed by atoms with Crippen LogP contribution in [0.15, 0.2) is 89.7 Å². The maximum atomic E-state index is 12.4. The first-order valence-electron chi connectivity index (χ1n) is 10.6. The fraction of sp³-hybridized carbons (Fsp3) is 0.115. The molecule has 5 rings (SSSR count). The Balaban J connectivity index is 1.35. The third-order valence-electron chi connectivity index (χ3n) is 5.56. The van der Waals surface area contributed by atoms with Gasteiger partial charge in [-0.1, -0.05) is 30.4 Å². The van der Waals surface area contributed by atoms with E-state index in [0.717, 1.165) is 22.5 Å². The predicted octanol–water partition coefficient (Wildman–Crippen LogP) is 6.33. The highest BCUT2D eigenvalue weighted by molar-refractivity contribution is 6.10. The first kappa shape index (κ1) is 22.4. The smallest absolute Gasteiger partial charge is 0.408 e. The van der Waals surface area contributed by atoms with Gasteiger partial charge in [0.25, 0.3) is 0 Å². The van der Waals surface area contributed by atoms with Crippen LogP contribution in [0.1, 0.15) is 22.9 Å². The normalized spacial score (nSPS) is 17.5. The van der Waals surface area contributed by atoms with E-state index in [-0.39, 0.29) is 11.7 Å². The van der Waals surface area contributed by atoms with Gasteiger partial charge in [-0.05, 0) is 66.6 Å². The van der Waals surface area contributed by atoms with E-state index < -0.39 is 12.5 Å². The van der Waals surface area contributed by atoms with E-state index in [2.05, 4.69) is 14.7 Å². The second-order valence-electron chi connectivity index (χ2n) is 7.91. The second kappa shape index (κ2) is 8.75. The van der Waals surface area contributed by atoms with Gasteiger partial charge < -0.3 is 9.47 Å². The number of amides is 1. The summed E-state index contributed by atoms with van der Waals surface area (Å²) < 4.78 is 48.3. The monoisotopic (exact) mass is 477 g/mol. The van der Waals surface area contributed by atoms with Crippen LogP contribution >= 0.6 is 0 Å². The van der Waals surface area contributed by atoms with Crippen molar-refractivity contribution in [2.45, 2.75) is 19.2 Å². The van der Waals surface area contributed by atoms with Gasteiger partial charge in [0, 0.05) is 11.6 Å². The number of halogens is 3. The first-order chi connectivity index (χ1) is 16.8. The number of hydrogen-bond acceptors (Lipinski definition) is 4. The van der Waals surface area contributed by atoms with Gasteiger partial charge in [-0.15, -0.1) is 13.2 Å². The van der Waals surface area contributed by atoms with E-state index in [1.807, 2.05) is 37.3 Å². The van der Waals surface area contributed by atoms with Gasteiger partial charge >= 0.3 is 12.5 Å². The van der Waals surface area contributed by atoms with Crippen LogP contribution in [-0.4, -0.2) is 27.7 Å². The molecule has 2 aromatic carbocycles. The number of rotatable bonds is 3. The minimum absolute atomic E-state index is 0.143. The molecule has 176 valence electrons. The maximum Gasteiger partial charge on any atom is 0.573 e. The van der Waals surface area contributed by atoms with E-state index in [1.165, 1.54) is 24.3 Å². The molecule has 2 aliphatic rings. The number of nitrogens with zero attached hydrogens (tertiary/aromatic N) is 3. The minimum Gasteiger partial charge on any atom is -0.408 e. The summed E-state index contributed by atoms with van der Waals surface area (Å²) in [5, 5.41) is 0. The zero-order valence-electron chi connectivity index (χ0n) is 18.4. The van der Waals surface area contributed by atoms with Crippen molar-refractivity contribution >= 4 is 17.9 Å². The standard InChI is InChI=1S/C26H18F3N3O3/c1-16-4-2-3-5-23(16)34-25(33)31-18-7-12-21-17(14-18)6-13-22-24(21)30-15-32(22)19-8-10-20(11-9-19)35-26(27,28)29/h2-15,21H,1H3/b31-18-. The largest absolute Gasteiger partial charge is 0.573 e. The molecule has 6 nitrogen and oxygen atoms in total. The van der Waals surface area contributed by atoms with Crippen molar-refractivity contribution in [1.29, 1.82) is 0 Å². The van der Waals surface area contributed by atoms with Gasteiger partial charge in [-0.3, -0.25) is 4.57 Å². The summed E-state index contributed by atoms with van der Waals surface area (Å²) >= 11 is 0. The van der Waals surface area contributed by atoms with Gasteiger partial charge in [0.05, 0.1) is 17.1 Å². The number of hydrogen-bond donors (Lipinski definition) is 0. The number of aromatic nitrogens is 2. The zero-order valence-corrected chi connectivity index (χ0v) is 18.4. The highest BCUT2D eigenvalue weighted by Crippen LogP contribution is 2.37. The summed E-state index contributed by atoms with van der Waals surface area (Å²) in [7, 11) is 0. The molecule has 0 radical (unpaired) electrons. The Morgan fingerprint density at radius 1 is 1.06 bits per heavy atom. The molecular formula is C26H18F3N3O3. The zero-order chi connectivity index (χ0) is 24.6. The Kier molecular flexibility index (Phi) is 5.60. The van der Waals surface area contributed by atoms with Crippen molar-refractivity contribution in [1.82, 2.24) is 9.55 Å². The van der Waals surface area contributed by atoms with Gasteiger partial charge in [-0.2, -0.15) is 4.99 Å². The van der Waals surface area contributed by atoms with E-state index in [0.29, 0.717) is 17.1 Å². The summed E-state index contributed by atoms with van der Waals surface area (Å²) in [5.41, 5.74) is 4.43. The summed E-state index contributed by atoms with van der Waals surface area (Å²) in [6, 6.07) is 12.8. The number of aliphatic imine (C=N–C) groups is 1. The highest BCUT2D eigenvalue weighted by atomic mass is 19.4. The average Bonchev–Trinajstić information content (AvgIpc) is 3.24. The van der Waals surface area contributed by atoms with Gasteiger partial charge in [-0.25, -0.2) is 9.78 Å². The van der Waals surface area contributed by atoms with E-state index >= 15 is 0 Å². The van der Waals surface area contributed by atoms with Gasteiger partial charge in [0.1, 0.15) is 17.8 Å². The molecule has 0 aliphatic heterocycles. The molecular weight excluding hydrogens is 459 g/mol. The van der Waals surface area contributed by atoms with Crippen molar-refractivity contribution in [3.8, 4) is 17.2 Å². The summed E-state index contributed by atoms with van der Waals surface area (Å²) in [6.07, 6.45) is 5.37. The predicted molar refractivity (Wildman–Crippen MR) is 124 cm³/mol. The highest BCUT2D eigenvalue weighted by Gasteiger charge is 2.31. The van der Waals surface area contributed by atoms with Crippen LogP contribution in [0.25, 0.3) is 11.8 Å². The number of carbonyl (C=O) groups excluding carboxylic acids is 1. The maximum absolute atomic E-state index is 12.4. The average molecular weight is 477 g/mol. The van der Waals surface area contributed by atoms with Crippen LogP contribution in [0.2, 0.25) is 0 Å². The summed E-state index contributed by atoms with van der Waals surface area (Å²) in [6.45, 7) is 1.84. The number of alkyl halides is 3. The molecule has 1 atom stereocenters. The molecule has 0 saturated heterocycles. The lowest BCUT2D eigenvalue weighted by Gasteiger charge is -2.21. The Labute approximate surface area is 198 Å². The van der Waals surface area contributed by atoms with Crippen molar-refractivity contribution in [2.75, 3.05) is 0 Å². The number of aryl methyl sites for hydroxylation is 1. The molecule has 3 aromatic rings. The lowest BCUT2D eigenvalue weighted by molar-refractivity contribution is -0.274. The SMILES string of the molecule is Cc1ccccc1OC(=O)/N=C1/C=CC2C(=C1)C=Cc1c2ncn1-c1ccc(OC(F)(F)F)cc1. The summed E-state index contributed by atoms with van der Waals surface area (Å²) in [4.78, 5) is 20.8. The minimum atomic E-state index is -4.74. The number of para-hydroxylation sites is 1. The molecule has 0 spiro atoms. The lowest BCUT2D eigenvalue weighted by atomic mass is 9.85. The number of benzene rings is 2. The molecule has 1 aromatic heterocycles. The van der Waals surface area contributed by atoms with E-state index in [1.54, 1.807) is 35.2 Å². The number of ether oxygens (including phenoxy) is 2. The van der Waals surface area contributed by atoms with Crippen LogP contribution in [0, 0.1) is 6.92 Å². The molecule has 0 saturated carbocycles. The fourth-order valence-electron chi connectivity index (χ4n) is 3.94. The Morgan fingerprint density at radius 3 is 2.57 bits per heavy atom. The third kappa shape index (κ3) is 4.79. The fourth-order valence-corrected chi connectivity index (χ4v) is 3.94. The molecule has 0 fully saturated rings. The Bertz CT molecular complexity index is 1410. The molecule has 2 aliphatic carbocycles. The van der Waals surface area contributed by atoms with Crippen LogP contribution in [-0.2, 0) is 0 Å². The quantitative estimate of drug-likeness (QED) is 0.443. The number of imidazole rings is 1.